The van der Waals surface area contributed by atoms with E-state index in [2.05, 4.69) is 0 Å². The average Bonchev–Trinajstić information content (AvgIpc) is 2.56. The molecule has 1 aliphatic heterocycles. The van der Waals surface area contributed by atoms with E-state index in [1.54, 1.807) is 23.2 Å². The molecule has 0 unspecified atom stereocenters. The third-order valence-electron chi connectivity index (χ3n) is 4.60. The van der Waals surface area contributed by atoms with Gasteiger partial charge in [0.1, 0.15) is 16.4 Å². The van der Waals surface area contributed by atoms with E-state index in [0.29, 0.717) is 18.5 Å². The molecule has 0 N–H and O–H groups in total. The summed E-state index contributed by atoms with van der Waals surface area (Å²) >= 11 is 0. The van der Waals surface area contributed by atoms with Crippen LogP contribution in [0.2, 0.25) is 0 Å². The Kier molecular flexibility index (Phi) is 4.94. The van der Waals surface area contributed by atoms with Gasteiger partial charge in [0.2, 0.25) is 5.91 Å². The normalized spacial score (nSPS) is 18.4. The first-order valence-corrected chi connectivity index (χ1v) is 10.4. The first kappa shape index (κ1) is 17.7. The van der Waals surface area contributed by atoms with Crippen molar-refractivity contribution in [2.45, 2.75) is 19.4 Å². The van der Waals surface area contributed by atoms with Crippen LogP contribution >= 0.6 is 0 Å². The molecule has 1 atom stereocenters. The molecule has 0 spiro atoms. The zero-order chi connectivity index (χ0) is 18.0. The molecule has 6 nitrogen and oxygen atoms in total. The maximum Gasteiger partial charge on any atom is 0.258 e. The summed E-state index contributed by atoms with van der Waals surface area (Å²) in [5.41, 5.74) is -0.184. The Balaban J connectivity index is 1.74. The molecule has 0 radical (unpaired) electrons. The van der Waals surface area contributed by atoms with Gasteiger partial charge in [-0.25, -0.2) is 8.42 Å². The number of rotatable bonds is 4. The van der Waals surface area contributed by atoms with Crippen LogP contribution in [-0.2, 0) is 21.2 Å². The van der Waals surface area contributed by atoms with Gasteiger partial charge in [-0.3, -0.25) is 9.59 Å². The number of fused-ring (bicyclic) bond motifs is 1. The molecular formula is C18H22N2O4S. The standard InChI is InChI=1S/C18H22N2O4S/c1-25(23,24)13-14-5-4-9-19(11-14)17(21)12-20-10-8-15-6-2-3-7-16(15)18(20)22/h2-3,6-8,10,14H,4-5,9,11-13H2,1H3/t14-/m1/s1. The van der Waals surface area contributed by atoms with Crippen LogP contribution in [0.4, 0.5) is 0 Å². The number of hydrogen-bond donors (Lipinski definition) is 0. The van der Waals surface area contributed by atoms with Gasteiger partial charge in [0.25, 0.3) is 5.56 Å². The highest BCUT2D eigenvalue weighted by molar-refractivity contribution is 7.90. The number of pyridine rings is 1. The molecule has 0 bridgehead atoms. The first-order chi connectivity index (χ1) is 11.8. The summed E-state index contributed by atoms with van der Waals surface area (Å²) in [6.07, 6.45) is 4.47. The quantitative estimate of drug-likeness (QED) is 0.821. The van der Waals surface area contributed by atoms with Crippen LogP contribution < -0.4 is 5.56 Å². The van der Waals surface area contributed by atoms with E-state index in [0.717, 1.165) is 18.2 Å². The molecule has 3 rings (SSSR count). The molecule has 2 aromatic rings. The number of carbonyl (C=O) groups is 1. The number of amides is 1. The lowest BCUT2D eigenvalue weighted by atomic mass is 10.00. The summed E-state index contributed by atoms with van der Waals surface area (Å²) < 4.78 is 24.4. The average molecular weight is 362 g/mol. The smallest absolute Gasteiger partial charge is 0.258 e. The van der Waals surface area contributed by atoms with E-state index in [4.69, 9.17) is 0 Å². The Labute approximate surface area is 147 Å². The van der Waals surface area contributed by atoms with E-state index in [1.807, 2.05) is 18.2 Å². The second-order valence-electron chi connectivity index (χ2n) is 6.78. The Morgan fingerprint density at radius 1 is 1.24 bits per heavy atom. The number of benzene rings is 1. The third kappa shape index (κ3) is 4.28. The largest absolute Gasteiger partial charge is 0.341 e. The fourth-order valence-corrected chi connectivity index (χ4v) is 4.58. The van der Waals surface area contributed by atoms with Gasteiger partial charge in [-0.15, -0.1) is 0 Å². The van der Waals surface area contributed by atoms with Crippen LogP contribution in [-0.4, -0.2) is 48.9 Å². The highest BCUT2D eigenvalue weighted by Gasteiger charge is 2.26. The summed E-state index contributed by atoms with van der Waals surface area (Å²) in [7, 11) is -3.06. The second-order valence-corrected chi connectivity index (χ2v) is 8.96. The van der Waals surface area contributed by atoms with E-state index in [9.17, 15) is 18.0 Å². The van der Waals surface area contributed by atoms with Gasteiger partial charge >= 0.3 is 0 Å². The highest BCUT2D eigenvalue weighted by atomic mass is 32.2. The van der Waals surface area contributed by atoms with Crippen molar-refractivity contribution in [3.63, 3.8) is 0 Å². The van der Waals surface area contributed by atoms with Crippen LogP contribution in [0, 0.1) is 5.92 Å². The molecule has 1 aliphatic rings. The van der Waals surface area contributed by atoms with Crippen molar-refractivity contribution in [2.24, 2.45) is 5.92 Å². The van der Waals surface area contributed by atoms with Crippen molar-refractivity contribution in [3.05, 3.63) is 46.9 Å². The predicted molar refractivity (Wildman–Crippen MR) is 97.2 cm³/mol. The molecule has 1 saturated heterocycles. The summed E-state index contributed by atoms with van der Waals surface area (Å²) in [5.74, 6) is -0.0659. The summed E-state index contributed by atoms with van der Waals surface area (Å²) in [6.45, 7) is 1.03. The van der Waals surface area contributed by atoms with E-state index >= 15 is 0 Å². The van der Waals surface area contributed by atoms with Gasteiger partial charge in [-0.1, -0.05) is 18.2 Å². The zero-order valence-electron chi connectivity index (χ0n) is 14.2. The van der Waals surface area contributed by atoms with Crippen LogP contribution in [0.1, 0.15) is 12.8 Å². The predicted octanol–water partition coefficient (Wildman–Crippen LogP) is 1.28. The molecule has 0 aliphatic carbocycles. The van der Waals surface area contributed by atoms with Crippen molar-refractivity contribution < 1.29 is 13.2 Å². The maximum atomic E-state index is 12.6. The van der Waals surface area contributed by atoms with Crippen LogP contribution in [0.25, 0.3) is 10.8 Å². The molecule has 1 fully saturated rings. The number of aromatic nitrogens is 1. The Bertz CT molecular complexity index is 949. The summed E-state index contributed by atoms with van der Waals surface area (Å²) in [6, 6.07) is 9.11. The van der Waals surface area contributed by atoms with Gasteiger partial charge in [-0.05, 0) is 36.3 Å². The fourth-order valence-electron chi connectivity index (χ4n) is 3.46. The molecule has 2 heterocycles. The number of nitrogens with zero attached hydrogens (tertiary/aromatic N) is 2. The van der Waals surface area contributed by atoms with Crippen LogP contribution in [0.3, 0.4) is 0 Å². The van der Waals surface area contributed by atoms with Gasteiger partial charge in [-0.2, -0.15) is 0 Å². The Hall–Kier alpha value is -2.15. The minimum Gasteiger partial charge on any atom is -0.341 e. The molecule has 0 saturated carbocycles. The van der Waals surface area contributed by atoms with Crippen molar-refractivity contribution in [1.82, 2.24) is 9.47 Å². The summed E-state index contributed by atoms with van der Waals surface area (Å²) in [5, 5.41) is 1.44. The van der Waals surface area contributed by atoms with Gasteiger partial charge in [0.05, 0.1) is 5.75 Å². The van der Waals surface area contributed by atoms with Crippen LogP contribution in [0.15, 0.2) is 41.3 Å². The van der Waals surface area contributed by atoms with Gasteiger partial charge < -0.3 is 9.47 Å². The lowest BCUT2D eigenvalue weighted by Crippen LogP contribution is -2.44. The Morgan fingerprint density at radius 2 is 2.00 bits per heavy atom. The minimum atomic E-state index is -3.06. The van der Waals surface area contributed by atoms with E-state index < -0.39 is 9.84 Å². The Morgan fingerprint density at radius 3 is 2.76 bits per heavy atom. The van der Waals surface area contributed by atoms with Gasteiger partial charge in [0.15, 0.2) is 0 Å². The number of sulfone groups is 1. The van der Waals surface area contributed by atoms with Crippen molar-refractivity contribution in [2.75, 3.05) is 25.1 Å². The van der Waals surface area contributed by atoms with E-state index in [-0.39, 0.29) is 29.7 Å². The molecule has 25 heavy (non-hydrogen) atoms. The molecule has 1 amide bonds. The first-order valence-electron chi connectivity index (χ1n) is 8.37. The van der Waals surface area contributed by atoms with Crippen molar-refractivity contribution in [1.29, 1.82) is 0 Å². The molecular weight excluding hydrogens is 340 g/mol. The lowest BCUT2D eigenvalue weighted by Gasteiger charge is -2.32. The lowest BCUT2D eigenvalue weighted by molar-refractivity contribution is -0.133. The number of hydrogen-bond acceptors (Lipinski definition) is 4. The van der Waals surface area contributed by atoms with Gasteiger partial charge in [0, 0.05) is 30.9 Å². The maximum absolute atomic E-state index is 12.6. The molecule has 7 heteroatoms. The molecule has 134 valence electrons. The van der Waals surface area contributed by atoms with Crippen LogP contribution in [0.5, 0.6) is 0 Å². The minimum absolute atomic E-state index is 0.0186. The fraction of sp³-hybridized carbons (Fsp3) is 0.444. The zero-order valence-corrected chi connectivity index (χ0v) is 15.0. The third-order valence-corrected chi connectivity index (χ3v) is 5.68. The monoisotopic (exact) mass is 362 g/mol. The number of likely N-dealkylation sites (tertiary alicyclic amines) is 1. The highest BCUT2D eigenvalue weighted by Crippen LogP contribution is 2.18. The van der Waals surface area contributed by atoms with Crippen molar-refractivity contribution in [3.8, 4) is 0 Å². The second kappa shape index (κ2) is 7.00. The number of piperidine rings is 1. The van der Waals surface area contributed by atoms with E-state index in [1.165, 1.54) is 10.8 Å². The molecule has 1 aromatic heterocycles. The van der Waals surface area contributed by atoms with Crippen molar-refractivity contribution >= 4 is 26.5 Å². The number of carbonyl (C=O) groups excluding carboxylic acids is 1. The molecule has 1 aromatic carbocycles. The topological polar surface area (TPSA) is 76.5 Å². The SMILES string of the molecule is CS(=O)(=O)C[C@@H]1CCCN(C(=O)Cn2ccc3ccccc3c2=O)C1. The summed E-state index contributed by atoms with van der Waals surface area (Å²) in [4.78, 5) is 26.8.